The summed E-state index contributed by atoms with van der Waals surface area (Å²) >= 11 is 2.85. The van der Waals surface area contributed by atoms with Crippen molar-refractivity contribution >= 4 is 39.6 Å². The average Bonchev–Trinajstić information content (AvgIpc) is 3.37. The van der Waals surface area contributed by atoms with Gasteiger partial charge in [-0.3, -0.25) is 19.8 Å². The van der Waals surface area contributed by atoms with Crippen LogP contribution in [0.15, 0.2) is 41.8 Å². The lowest BCUT2D eigenvalue weighted by atomic mass is 10.2. The van der Waals surface area contributed by atoms with Crippen molar-refractivity contribution in [3.05, 3.63) is 68.6 Å². The number of carbonyl (C=O) groups is 2. The Labute approximate surface area is 175 Å². The van der Waals surface area contributed by atoms with Crippen LogP contribution in [-0.4, -0.2) is 34.8 Å². The summed E-state index contributed by atoms with van der Waals surface area (Å²) in [6.45, 7) is 2.03. The van der Waals surface area contributed by atoms with E-state index in [1.165, 1.54) is 34.8 Å². The molecule has 1 aromatic carbocycles. The predicted octanol–water partition coefficient (Wildman–Crippen LogP) is 3.27. The van der Waals surface area contributed by atoms with Crippen LogP contribution in [0, 0.1) is 5.82 Å². The van der Waals surface area contributed by atoms with Gasteiger partial charge in [0, 0.05) is 30.9 Å². The molecule has 0 spiro atoms. The first-order chi connectivity index (χ1) is 14.1. The molecule has 29 heavy (non-hydrogen) atoms. The Morgan fingerprint density at radius 3 is 2.79 bits per heavy atom. The van der Waals surface area contributed by atoms with Crippen molar-refractivity contribution in [2.45, 2.75) is 19.5 Å². The van der Waals surface area contributed by atoms with E-state index in [4.69, 9.17) is 0 Å². The lowest BCUT2D eigenvalue weighted by Gasteiger charge is -2.25. The van der Waals surface area contributed by atoms with Gasteiger partial charge >= 0.3 is 0 Å². The topological polar surface area (TPSA) is 74.3 Å². The van der Waals surface area contributed by atoms with E-state index in [9.17, 15) is 14.0 Å². The van der Waals surface area contributed by atoms with Gasteiger partial charge in [0.05, 0.1) is 17.1 Å². The average molecular weight is 431 g/mol. The van der Waals surface area contributed by atoms with Gasteiger partial charge in [-0.15, -0.1) is 22.7 Å². The van der Waals surface area contributed by atoms with Crippen molar-refractivity contribution in [1.82, 2.24) is 15.2 Å². The highest BCUT2D eigenvalue weighted by Gasteiger charge is 2.23. The Morgan fingerprint density at radius 2 is 2.03 bits per heavy atom. The van der Waals surface area contributed by atoms with Crippen LogP contribution >= 0.6 is 22.7 Å². The Morgan fingerprint density at radius 1 is 1.21 bits per heavy atom. The van der Waals surface area contributed by atoms with Crippen molar-refractivity contribution in [3.63, 3.8) is 0 Å². The van der Waals surface area contributed by atoms with Gasteiger partial charge in [0.25, 0.3) is 5.91 Å². The van der Waals surface area contributed by atoms with Gasteiger partial charge in [-0.1, -0.05) is 18.2 Å². The minimum Gasteiger partial charge on any atom is -0.351 e. The first-order valence-electron chi connectivity index (χ1n) is 9.14. The molecule has 0 atom stereocenters. The predicted molar refractivity (Wildman–Crippen MR) is 112 cm³/mol. The minimum absolute atomic E-state index is 0.0755. The third-order valence-electron chi connectivity index (χ3n) is 4.55. The number of amides is 2. The summed E-state index contributed by atoms with van der Waals surface area (Å²) in [6.07, 6.45) is 0.742. The van der Waals surface area contributed by atoms with E-state index in [1.54, 1.807) is 18.2 Å². The van der Waals surface area contributed by atoms with Crippen LogP contribution in [-0.2, 0) is 24.3 Å². The summed E-state index contributed by atoms with van der Waals surface area (Å²) < 4.78 is 12.9. The maximum Gasteiger partial charge on any atom is 0.267 e. The number of thiophene rings is 1. The molecule has 1 aliphatic rings. The number of nitrogens with zero attached hydrogens (tertiary/aromatic N) is 2. The third kappa shape index (κ3) is 5.06. The van der Waals surface area contributed by atoms with E-state index < -0.39 is 0 Å². The lowest BCUT2D eigenvalue weighted by molar-refractivity contribution is -0.122. The largest absolute Gasteiger partial charge is 0.351 e. The second-order valence-corrected chi connectivity index (χ2v) is 8.72. The van der Waals surface area contributed by atoms with Crippen LogP contribution < -0.4 is 10.6 Å². The zero-order chi connectivity index (χ0) is 20.2. The highest BCUT2D eigenvalue weighted by molar-refractivity contribution is 7.16. The van der Waals surface area contributed by atoms with Gasteiger partial charge in [-0.05, 0) is 29.1 Å². The zero-order valence-corrected chi connectivity index (χ0v) is 17.1. The van der Waals surface area contributed by atoms with Gasteiger partial charge in [-0.2, -0.15) is 0 Å². The molecule has 0 aliphatic carbocycles. The summed E-state index contributed by atoms with van der Waals surface area (Å²) in [7, 11) is 0. The van der Waals surface area contributed by atoms with E-state index in [-0.39, 0.29) is 24.2 Å². The molecule has 0 radical (unpaired) electrons. The van der Waals surface area contributed by atoms with Crippen molar-refractivity contribution in [2.75, 3.05) is 18.4 Å². The van der Waals surface area contributed by atoms with E-state index in [0.29, 0.717) is 23.1 Å². The van der Waals surface area contributed by atoms with Crippen LogP contribution in [0.5, 0.6) is 0 Å². The Bertz CT molecular complexity index is 1000. The molecule has 3 heterocycles. The quantitative estimate of drug-likeness (QED) is 0.630. The normalized spacial score (nSPS) is 13.7. The smallest absolute Gasteiger partial charge is 0.267 e. The maximum absolute atomic E-state index is 12.9. The molecular weight excluding hydrogens is 411 g/mol. The van der Waals surface area contributed by atoms with Gasteiger partial charge < -0.3 is 5.32 Å². The number of carbonyl (C=O) groups excluding carboxylic acids is 2. The second-order valence-electron chi connectivity index (χ2n) is 6.68. The second kappa shape index (κ2) is 8.81. The van der Waals surface area contributed by atoms with Crippen molar-refractivity contribution in [2.24, 2.45) is 0 Å². The van der Waals surface area contributed by atoms with Crippen molar-refractivity contribution in [3.8, 4) is 0 Å². The fourth-order valence-corrected chi connectivity index (χ4v) is 4.73. The van der Waals surface area contributed by atoms with Gasteiger partial charge in [0.15, 0.2) is 5.13 Å². The number of halogens is 1. The Kier molecular flexibility index (Phi) is 5.98. The number of anilines is 1. The van der Waals surface area contributed by atoms with Crippen LogP contribution in [0.25, 0.3) is 0 Å². The molecule has 2 N–H and O–H groups in total. The molecule has 0 bridgehead atoms. The standard InChI is InChI=1S/C20H19FN4O2S2/c21-14-5-3-13(4-6-14)10-22-18(26)12-25-8-7-15-17(11-25)29-20(23-15)24-19(27)16-2-1-9-28-16/h1-6,9H,7-8,10-12H2,(H,22,26)(H,23,24,27). The fraction of sp³-hybridized carbons (Fsp3) is 0.250. The van der Waals surface area contributed by atoms with E-state index in [1.807, 2.05) is 11.4 Å². The van der Waals surface area contributed by atoms with Crippen LogP contribution in [0.2, 0.25) is 0 Å². The van der Waals surface area contributed by atoms with E-state index >= 15 is 0 Å². The maximum atomic E-state index is 12.9. The molecular formula is C20H19FN4O2S2. The molecule has 0 unspecified atom stereocenters. The summed E-state index contributed by atoms with van der Waals surface area (Å²) in [5.41, 5.74) is 1.84. The molecule has 0 saturated carbocycles. The Balaban J connectivity index is 1.29. The van der Waals surface area contributed by atoms with Crippen LogP contribution in [0.1, 0.15) is 25.8 Å². The molecule has 0 saturated heterocycles. The molecule has 1 aliphatic heterocycles. The van der Waals surface area contributed by atoms with Crippen molar-refractivity contribution < 1.29 is 14.0 Å². The number of benzene rings is 1. The minimum atomic E-state index is -0.292. The molecule has 9 heteroatoms. The van der Waals surface area contributed by atoms with E-state index in [0.717, 1.165) is 29.1 Å². The molecule has 4 rings (SSSR count). The zero-order valence-electron chi connectivity index (χ0n) is 15.5. The number of hydrogen-bond donors (Lipinski definition) is 2. The van der Waals surface area contributed by atoms with E-state index in [2.05, 4.69) is 20.5 Å². The number of nitrogens with one attached hydrogen (secondary N) is 2. The molecule has 2 aromatic heterocycles. The number of thiazole rings is 1. The third-order valence-corrected chi connectivity index (χ3v) is 6.41. The molecule has 0 fully saturated rings. The number of fused-ring (bicyclic) bond motifs is 1. The highest BCUT2D eigenvalue weighted by atomic mass is 32.1. The Hall–Kier alpha value is -2.62. The fourth-order valence-electron chi connectivity index (χ4n) is 3.07. The summed E-state index contributed by atoms with van der Waals surface area (Å²) in [5, 5.41) is 8.17. The summed E-state index contributed by atoms with van der Waals surface area (Å²) in [4.78, 5) is 32.8. The van der Waals surface area contributed by atoms with Crippen LogP contribution in [0.3, 0.4) is 0 Å². The highest BCUT2D eigenvalue weighted by Crippen LogP contribution is 2.28. The molecule has 3 aromatic rings. The van der Waals surface area contributed by atoms with Gasteiger partial charge in [0.1, 0.15) is 5.82 Å². The SMILES string of the molecule is O=C(CN1CCc2nc(NC(=O)c3cccs3)sc2C1)NCc1ccc(F)cc1. The molecule has 150 valence electrons. The van der Waals surface area contributed by atoms with Gasteiger partial charge in [-0.25, -0.2) is 9.37 Å². The summed E-state index contributed by atoms with van der Waals surface area (Å²) in [6, 6.07) is 9.70. The number of aromatic nitrogens is 1. The molecule has 6 nitrogen and oxygen atoms in total. The first-order valence-corrected chi connectivity index (χ1v) is 10.8. The monoisotopic (exact) mass is 430 g/mol. The van der Waals surface area contributed by atoms with Crippen molar-refractivity contribution in [1.29, 1.82) is 0 Å². The summed E-state index contributed by atoms with van der Waals surface area (Å²) in [5.74, 6) is -0.517. The number of rotatable bonds is 6. The number of hydrogen-bond acceptors (Lipinski definition) is 6. The molecule has 2 amide bonds. The lowest BCUT2D eigenvalue weighted by Crippen LogP contribution is -2.39. The van der Waals surface area contributed by atoms with Crippen LogP contribution in [0.4, 0.5) is 9.52 Å². The first kappa shape index (κ1) is 19.7. The van der Waals surface area contributed by atoms with Gasteiger partial charge in [0.2, 0.25) is 5.91 Å².